The van der Waals surface area contributed by atoms with Crippen molar-refractivity contribution in [2.45, 2.75) is 46.1 Å². The normalized spacial score (nSPS) is 12.4. The molecule has 0 aromatic heterocycles. The van der Waals surface area contributed by atoms with Crippen LogP contribution in [0.1, 0.15) is 39.2 Å². The summed E-state index contributed by atoms with van der Waals surface area (Å²) in [6.07, 6.45) is 1.19. The molecule has 1 rings (SSSR count). The van der Waals surface area contributed by atoms with Crippen LogP contribution in [0.4, 0.5) is 0 Å². The SMILES string of the molecule is COc1ccc(CC(=O)NC(CCC(C)(C)C)C(=O)O)cc1OC. The molecule has 0 aliphatic rings. The first-order chi connectivity index (χ1) is 11.2. The number of nitrogens with one attached hydrogen (secondary N) is 1. The summed E-state index contributed by atoms with van der Waals surface area (Å²) >= 11 is 0. The summed E-state index contributed by atoms with van der Waals surface area (Å²) < 4.78 is 10.4. The first kappa shape index (κ1) is 19.8. The van der Waals surface area contributed by atoms with E-state index in [1.807, 2.05) is 20.8 Å². The molecule has 1 atom stereocenters. The number of methoxy groups -OCH3 is 2. The summed E-state index contributed by atoms with van der Waals surface area (Å²) in [5.41, 5.74) is 0.743. The Morgan fingerprint density at radius 1 is 1.17 bits per heavy atom. The van der Waals surface area contributed by atoms with Gasteiger partial charge in [-0.1, -0.05) is 26.8 Å². The minimum Gasteiger partial charge on any atom is -0.493 e. The number of carboxylic acid groups (broad SMARTS) is 1. The maximum absolute atomic E-state index is 12.2. The Bertz CT molecular complexity index is 577. The van der Waals surface area contributed by atoms with Crippen molar-refractivity contribution in [2.24, 2.45) is 5.41 Å². The fourth-order valence-corrected chi connectivity index (χ4v) is 2.26. The van der Waals surface area contributed by atoms with Crippen LogP contribution < -0.4 is 14.8 Å². The predicted molar refractivity (Wildman–Crippen MR) is 91.5 cm³/mol. The number of ether oxygens (including phenoxy) is 2. The summed E-state index contributed by atoms with van der Waals surface area (Å²) in [5, 5.41) is 11.9. The molecule has 0 saturated heterocycles. The van der Waals surface area contributed by atoms with Crippen LogP contribution in [0.3, 0.4) is 0 Å². The molecule has 6 heteroatoms. The quantitative estimate of drug-likeness (QED) is 0.762. The molecule has 1 amide bonds. The third-order valence-corrected chi connectivity index (χ3v) is 3.63. The number of amides is 1. The summed E-state index contributed by atoms with van der Waals surface area (Å²) in [6.45, 7) is 6.12. The largest absolute Gasteiger partial charge is 0.493 e. The topological polar surface area (TPSA) is 84.9 Å². The van der Waals surface area contributed by atoms with E-state index in [0.29, 0.717) is 24.3 Å². The molecule has 0 radical (unpaired) electrons. The molecule has 0 aliphatic heterocycles. The van der Waals surface area contributed by atoms with E-state index in [4.69, 9.17) is 9.47 Å². The van der Waals surface area contributed by atoms with Crippen LogP contribution in [0.5, 0.6) is 11.5 Å². The van der Waals surface area contributed by atoms with Crippen LogP contribution >= 0.6 is 0 Å². The van der Waals surface area contributed by atoms with E-state index in [1.54, 1.807) is 18.2 Å². The van der Waals surface area contributed by atoms with Crippen molar-refractivity contribution in [1.29, 1.82) is 0 Å². The second-order valence-corrected chi connectivity index (χ2v) is 6.92. The smallest absolute Gasteiger partial charge is 0.326 e. The molecule has 0 heterocycles. The lowest BCUT2D eigenvalue weighted by atomic mass is 9.88. The number of hydrogen-bond donors (Lipinski definition) is 2. The van der Waals surface area contributed by atoms with Gasteiger partial charge in [-0.05, 0) is 36.0 Å². The predicted octanol–water partition coefficient (Wildman–Crippen LogP) is 2.64. The van der Waals surface area contributed by atoms with Crippen molar-refractivity contribution in [1.82, 2.24) is 5.32 Å². The average Bonchev–Trinajstić information content (AvgIpc) is 2.50. The Balaban J connectivity index is 2.70. The van der Waals surface area contributed by atoms with Gasteiger partial charge in [0.2, 0.25) is 5.91 Å². The Labute approximate surface area is 143 Å². The van der Waals surface area contributed by atoms with E-state index >= 15 is 0 Å². The Morgan fingerprint density at radius 3 is 2.29 bits per heavy atom. The summed E-state index contributed by atoms with van der Waals surface area (Å²) in [4.78, 5) is 23.5. The van der Waals surface area contributed by atoms with E-state index in [0.717, 1.165) is 5.56 Å². The Morgan fingerprint density at radius 2 is 1.79 bits per heavy atom. The number of carbonyl (C=O) groups excluding carboxylic acids is 1. The van der Waals surface area contributed by atoms with E-state index in [1.165, 1.54) is 14.2 Å². The van der Waals surface area contributed by atoms with E-state index in [9.17, 15) is 14.7 Å². The highest BCUT2D eigenvalue weighted by atomic mass is 16.5. The van der Waals surface area contributed by atoms with Crippen LogP contribution in [-0.2, 0) is 16.0 Å². The van der Waals surface area contributed by atoms with Gasteiger partial charge in [-0.15, -0.1) is 0 Å². The lowest BCUT2D eigenvalue weighted by Gasteiger charge is -2.21. The first-order valence-corrected chi connectivity index (χ1v) is 7.89. The van der Waals surface area contributed by atoms with Gasteiger partial charge in [0.05, 0.1) is 20.6 Å². The Hall–Kier alpha value is -2.24. The highest BCUT2D eigenvalue weighted by Gasteiger charge is 2.23. The van der Waals surface area contributed by atoms with Gasteiger partial charge in [-0.25, -0.2) is 4.79 Å². The van der Waals surface area contributed by atoms with Crippen molar-refractivity contribution in [3.63, 3.8) is 0 Å². The number of hydrogen-bond acceptors (Lipinski definition) is 4. The molecule has 134 valence electrons. The van der Waals surface area contributed by atoms with Crippen LogP contribution in [0.25, 0.3) is 0 Å². The van der Waals surface area contributed by atoms with Gasteiger partial charge >= 0.3 is 5.97 Å². The van der Waals surface area contributed by atoms with Gasteiger partial charge in [0, 0.05) is 0 Å². The van der Waals surface area contributed by atoms with Gasteiger partial charge in [0.1, 0.15) is 6.04 Å². The van der Waals surface area contributed by atoms with Crippen molar-refractivity contribution in [3.05, 3.63) is 23.8 Å². The molecule has 0 bridgehead atoms. The second kappa shape index (κ2) is 8.57. The fourth-order valence-electron chi connectivity index (χ4n) is 2.26. The molecule has 1 aromatic carbocycles. The minimum atomic E-state index is -1.01. The first-order valence-electron chi connectivity index (χ1n) is 7.89. The van der Waals surface area contributed by atoms with Crippen LogP contribution in [-0.4, -0.2) is 37.2 Å². The van der Waals surface area contributed by atoms with Crippen LogP contribution in [0.2, 0.25) is 0 Å². The number of benzene rings is 1. The zero-order chi connectivity index (χ0) is 18.3. The number of carbonyl (C=O) groups is 2. The van der Waals surface area contributed by atoms with Crippen molar-refractivity contribution >= 4 is 11.9 Å². The van der Waals surface area contributed by atoms with Gasteiger partial charge < -0.3 is 19.9 Å². The molecule has 1 unspecified atom stereocenters. The van der Waals surface area contributed by atoms with Gasteiger partial charge in [-0.3, -0.25) is 4.79 Å². The maximum Gasteiger partial charge on any atom is 0.326 e. The zero-order valence-corrected chi connectivity index (χ0v) is 15.0. The molecule has 1 aromatic rings. The summed E-state index contributed by atoms with van der Waals surface area (Å²) in [6, 6.07) is 4.31. The van der Waals surface area contributed by atoms with Crippen molar-refractivity contribution < 1.29 is 24.2 Å². The zero-order valence-electron chi connectivity index (χ0n) is 15.0. The molecule has 0 fully saturated rings. The van der Waals surface area contributed by atoms with Crippen LogP contribution in [0, 0.1) is 5.41 Å². The number of carboxylic acids is 1. The average molecular weight is 337 g/mol. The van der Waals surface area contributed by atoms with E-state index < -0.39 is 12.0 Å². The van der Waals surface area contributed by atoms with Crippen molar-refractivity contribution in [2.75, 3.05) is 14.2 Å². The summed E-state index contributed by atoms with van der Waals surface area (Å²) in [7, 11) is 3.06. The highest BCUT2D eigenvalue weighted by Crippen LogP contribution is 2.27. The molecule has 2 N–H and O–H groups in total. The molecular weight excluding hydrogens is 310 g/mol. The molecule has 0 spiro atoms. The standard InChI is InChI=1S/C18H27NO5/c1-18(2,3)9-8-13(17(21)22)19-16(20)11-12-6-7-14(23-4)15(10-12)24-5/h6-7,10,13H,8-9,11H2,1-5H3,(H,19,20)(H,21,22). The molecule has 0 aliphatic carbocycles. The minimum absolute atomic E-state index is 0.0157. The number of rotatable bonds is 8. The molecular formula is C18H27NO5. The lowest BCUT2D eigenvalue weighted by molar-refractivity contribution is -0.142. The molecule has 0 saturated carbocycles. The maximum atomic E-state index is 12.2. The second-order valence-electron chi connectivity index (χ2n) is 6.92. The molecule has 24 heavy (non-hydrogen) atoms. The monoisotopic (exact) mass is 337 g/mol. The third kappa shape index (κ3) is 6.48. The van der Waals surface area contributed by atoms with E-state index in [-0.39, 0.29) is 17.7 Å². The summed E-state index contributed by atoms with van der Waals surface area (Å²) in [5.74, 6) is -0.232. The fraction of sp³-hybridized carbons (Fsp3) is 0.556. The van der Waals surface area contributed by atoms with Crippen LogP contribution in [0.15, 0.2) is 18.2 Å². The number of aliphatic carboxylic acids is 1. The molecule has 6 nitrogen and oxygen atoms in total. The highest BCUT2D eigenvalue weighted by molar-refractivity contribution is 5.84. The Kier molecular flexibility index (Phi) is 7.07. The lowest BCUT2D eigenvalue weighted by Crippen LogP contribution is -2.42. The van der Waals surface area contributed by atoms with Crippen molar-refractivity contribution in [3.8, 4) is 11.5 Å². The van der Waals surface area contributed by atoms with Gasteiger partial charge in [0.15, 0.2) is 11.5 Å². The van der Waals surface area contributed by atoms with E-state index in [2.05, 4.69) is 5.32 Å². The third-order valence-electron chi connectivity index (χ3n) is 3.63. The van der Waals surface area contributed by atoms with Gasteiger partial charge in [-0.2, -0.15) is 0 Å². The van der Waals surface area contributed by atoms with Gasteiger partial charge in [0.25, 0.3) is 0 Å².